The predicted molar refractivity (Wildman–Crippen MR) is 59.1 cm³/mol. The summed E-state index contributed by atoms with van der Waals surface area (Å²) in [5, 5.41) is 0. The lowest BCUT2D eigenvalue weighted by Crippen LogP contribution is -2.37. The maximum Gasteiger partial charge on any atom is 0.313 e. The van der Waals surface area contributed by atoms with Gasteiger partial charge in [0.2, 0.25) is 0 Å². The van der Waals surface area contributed by atoms with E-state index in [1.54, 1.807) is 26.0 Å². The summed E-state index contributed by atoms with van der Waals surface area (Å²) in [5.41, 5.74) is 5.13. The number of halogens is 1. The molecule has 0 fully saturated rings. The van der Waals surface area contributed by atoms with Gasteiger partial charge >= 0.3 is 5.97 Å². The molecule has 0 aliphatic rings. The van der Waals surface area contributed by atoms with Crippen LogP contribution in [0.4, 0.5) is 0 Å². The summed E-state index contributed by atoms with van der Waals surface area (Å²) in [5.74, 6) is 0.194. The van der Waals surface area contributed by atoms with Crippen LogP contribution in [0.3, 0.4) is 0 Å². The molecule has 84 valence electrons. The topological polar surface area (TPSA) is 65.5 Å². The summed E-state index contributed by atoms with van der Waals surface area (Å²) in [7, 11) is 1.34. The van der Waals surface area contributed by atoms with Crippen LogP contribution in [-0.4, -0.2) is 13.1 Å². The van der Waals surface area contributed by atoms with Gasteiger partial charge in [0.1, 0.15) is 5.76 Å². The third kappa shape index (κ3) is 2.41. The summed E-state index contributed by atoms with van der Waals surface area (Å²) in [6.07, 6.45) is 0. The molecule has 0 saturated heterocycles. The molecule has 15 heavy (non-hydrogen) atoms. The van der Waals surface area contributed by atoms with Gasteiger partial charge in [-0.05, 0) is 41.9 Å². The number of nitrogens with two attached hydrogens (primary N) is 1. The quantitative estimate of drug-likeness (QED) is 0.860. The second-order valence-electron chi connectivity index (χ2n) is 3.83. The molecule has 1 aromatic rings. The first-order valence-electron chi connectivity index (χ1n) is 4.49. The van der Waals surface area contributed by atoms with Gasteiger partial charge in [-0.15, -0.1) is 0 Å². The van der Waals surface area contributed by atoms with Crippen molar-refractivity contribution >= 4 is 21.9 Å². The molecule has 0 spiro atoms. The third-order valence-corrected chi connectivity index (χ3v) is 2.82. The molecule has 1 aromatic heterocycles. The van der Waals surface area contributed by atoms with E-state index < -0.39 is 11.5 Å². The zero-order valence-electron chi connectivity index (χ0n) is 8.91. The molecule has 0 amide bonds. The fourth-order valence-corrected chi connectivity index (χ4v) is 1.56. The molecule has 0 unspecified atom stereocenters. The minimum Gasteiger partial charge on any atom is -0.469 e. The first-order chi connectivity index (χ1) is 6.89. The number of methoxy groups -OCH3 is 1. The van der Waals surface area contributed by atoms with Crippen molar-refractivity contribution in [3.05, 3.63) is 22.6 Å². The van der Waals surface area contributed by atoms with Crippen LogP contribution in [0, 0.1) is 5.41 Å². The van der Waals surface area contributed by atoms with Crippen LogP contribution in [0.2, 0.25) is 0 Å². The van der Waals surface area contributed by atoms with Gasteiger partial charge in [-0.2, -0.15) is 0 Å². The summed E-state index contributed by atoms with van der Waals surface area (Å²) >= 11 is 3.18. The van der Waals surface area contributed by atoms with Gasteiger partial charge in [0.25, 0.3) is 0 Å². The summed E-state index contributed by atoms with van der Waals surface area (Å²) in [4.78, 5) is 11.5. The van der Waals surface area contributed by atoms with Crippen molar-refractivity contribution in [2.75, 3.05) is 7.11 Å². The lowest BCUT2D eigenvalue weighted by Gasteiger charge is -2.26. The number of carbonyl (C=O) groups is 1. The Bertz CT molecular complexity index is 359. The van der Waals surface area contributed by atoms with Gasteiger partial charge in [0.15, 0.2) is 4.67 Å². The van der Waals surface area contributed by atoms with E-state index in [1.165, 1.54) is 7.11 Å². The van der Waals surface area contributed by atoms with Crippen LogP contribution >= 0.6 is 15.9 Å². The Balaban J connectivity index is 2.93. The summed E-state index contributed by atoms with van der Waals surface area (Å²) < 4.78 is 10.6. The Morgan fingerprint density at radius 2 is 2.20 bits per heavy atom. The van der Waals surface area contributed by atoms with E-state index in [0.717, 1.165) is 0 Å². The second-order valence-corrected chi connectivity index (χ2v) is 4.61. The highest BCUT2D eigenvalue weighted by Gasteiger charge is 2.38. The number of hydrogen-bond donors (Lipinski definition) is 1. The Morgan fingerprint density at radius 1 is 1.60 bits per heavy atom. The molecule has 0 aliphatic carbocycles. The van der Waals surface area contributed by atoms with Gasteiger partial charge in [-0.3, -0.25) is 4.79 Å². The molecule has 4 nitrogen and oxygen atoms in total. The normalized spacial score (nSPS) is 13.7. The van der Waals surface area contributed by atoms with Gasteiger partial charge in [-0.1, -0.05) is 0 Å². The lowest BCUT2D eigenvalue weighted by atomic mass is 9.83. The van der Waals surface area contributed by atoms with E-state index in [9.17, 15) is 4.79 Å². The van der Waals surface area contributed by atoms with Crippen LogP contribution in [0.1, 0.15) is 25.6 Å². The lowest BCUT2D eigenvalue weighted by molar-refractivity contribution is -0.152. The SMILES string of the molecule is COC(=O)C(C)(C)[C@H](N)c1ccc(Br)o1. The maximum atomic E-state index is 11.5. The molecule has 5 heteroatoms. The largest absolute Gasteiger partial charge is 0.469 e. The molecule has 0 aromatic carbocycles. The molecular formula is C10H14BrNO3. The highest BCUT2D eigenvalue weighted by molar-refractivity contribution is 9.10. The van der Waals surface area contributed by atoms with Crippen LogP contribution in [0.15, 0.2) is 21.2 Å². The van der Waals surface area contributed by atoms with E-state index in [1.807, 2.05) is 0 Å². The van der Waals surface area contributed by atoms with Crippen molar-refractivity contribution in [1.82, 2.24) is 0 Å². The smallest absolute Gasteiger partial charge is 0.313 e. The Kier molecular flexibility index (Phi) is 3.57. The van der Waals surface area contributed by atoms with E-state index in [4.69, 9.17) is 14.9 Å². The summed E-state index contributed by atoms with van der Waals surface area (Å²) in [6.45, 7) is 3.44. The van der Waals surface area contributed by atoms with Crippen LogP contribution in [0.5, 0.6) is 0 Å². The van der Waals surface area contributed by atoms with Crippen molar-refractivity contribution in [1.29, 1.82) is 0 Å². The Hall–Kier alpha value is -0.810. The zero-order valence-corrected chi connectivity index (χ0v) is 10.5. The number of esters is 1. The molecule has 0 bridgehead atoms. The number of carbonyl (C=O) groups excluding carboxylic acids is 1. The van der Waals surface area contributed by atoms with E-state index in [0.29, 0.717) is 10.4 Å². The van der Waals surface area contributed by atoms with Crippen molar-refractivity contribution < 1.29 is 13.9 Å². The van der Waals surface area contributed by atoms with E-state index >= 15 is 0 Å². The minimum atomic E-state index is -0.813. The number of ether oxygens (including phenoxy) is 1. The number of furan rings is 1. The third-order valence-electron chi connectivity index (χ3n) is 2.39. The first kappa shape index (κ1) is 12.3. The summed E-state index contributed by atoms with van der Waals surface area (Å²) in [6, 6.07) is 2.94. The van der Waals surface area contributed by atoms with Gasteiger partial charge in [0.05, 0.1) is 18.6 Å². The molecule has 2 N–H and O–H groups in total. The zero-order chi connectivity index (χ0) is 11.6. The van der Waals surface area contributed by atoms with E-state index in [-0.39, 0.29) is 5.97 Å². The number of rotatable bonds is 3. The van der Waals surface area contributed by atoms with Gasteiger partial charge in [0, 0.05) is 0 Å². The second kappa shape index (κ2) is 4.37. The molecule has 1 atom stereocenters. The monoisotopic (exact) mass is 275 g/mol. The first-order valence-corrected chi connectivity index (χ1v) is 5.28. The fourth-order valence-electron chi connectivity index (χ4n) is 1.24. The van der Waals surface area contributed by atoms with Crippen molar-refractivity contribution in [3.63, 3.8) is 0 Å². The maximum absolute atomic E-state index is 11.5. The molecule has 0 saturated carbocycles. The van der Waals surface area contributed by atoms with Crippen molar-refractivity contribution in [2.45, 2.75) is 19.9 Å². The Labute approximate surface area is 96.9 Å². The van der Waals surface area contributed by atoms with Gasteiger partial charge < -0.3 is 14.9 Å². The minimum absolute atomic E-state index is 0.359. The average molecular weight is 276 g/mol. The predicted octanol–water partition coefficient (Wildman–Crippen LogP) is 2.24. The molecule has 1 rings (SSSR count). The highest BCUT2D eigenvalue weighted by Crippen LogP contribution is 2.34. The molecule has 1 heterocycles. The van der Waals surface area contributed by atoms with Crippen LogP contribution in [0.25, 0.3) is 0 Å². The molecular weight excluding hydrogens is 262 g/mol. The van der Waals surface area contributed by atoms with E-state index in [2.05, 4.69) is 15.9 Å². The standard InChI is InChI=1S/C10H14BrNO3/c1-10(2,9(13)14-3)8(12)6-4-5-7(11)15-6/h4-5,8H,12H2,1-3H3/t8-/m1/s1. The van der Waals surface area contributed by atoms with Crippen molar-refractivity contribution in [3.8, 4) is 0 Å². The van der Waals surface area contributed by atoms with Crippen molar-refractivity contribution in [2.24, 2.45) is 11.1 Å². The Morgan fingerprint density at radius 3 is 2.60 bits per heavy atom. The fraction of sp³-hybridized carbons (Fsp3) is 0.500. The highest BCUT2D eigenvalue weighted by atomic mass is 79.9. The molecule has 0 radical (unpaired) electrons. The average Bonchev–Trinajstić information content (AvgIpc) is 2.62. The van der Waals surface area contributed by atoms with Gasteiger partial charge in [-0.25, -0.2) is 0 Å². The number of hydrogen-bond acceptors (Lipinski definition) is 4. The van der Waals surface area contributed by atoms with Crippen LogP contribution in [-0.2, 0) is 9.53 Å². The van der Waals surface area contributed by atoms with Crippen LogP contribution < -0.4 is 5.73 Å². The molecule has 0 aliphatic heterocycles.